The molecule has 0 radical (unpaired) electrons. The fourth-order valence-electron chi connectivity index (χ4n) is 1.89. The number of nitrogens with one attached hydrogen (secondary N) is 2. The molecule has 2 amide bonds. The van der Waals surface area contributed by atoms with Gasteiger partial charge in [0.25, 0.3) is 0 Å². The molecule has 0 saturated carbocycles. The van der Waals surface area contributed by atoms with E-state index in [4.69, 9.17) is 4.74 Å². The predicted molar refractivity (Wildman–Crippen MR) is 84.7 cm³/mol. The molecule has 1 heterocycles. The van der Waals surface area contributed by atoms with Crippen LogP contribution in [0, 0.1) is 0 Å². The van der Waals surface area contributed by atoms with Crippen LogP contribution in [0.1, 0.15) is 24.9 Å². The van der Waals surface area contributed by atoms with Crippen LogP contribution in [0.15, 0.2) is 41.9 Å². The molecule has 6 nitrogen and oxygen atoms in total. The zero-order valence-electron chi connectivity index (χ0n) is 12.1. The van der Waals surface area contributed by atoms with Gasteiger partial charge < -0.3 is 15.4 Å². The summed E-state index contributed by atoms with van der Waals surface area (Å²) in [5.41, 5.74) is 0.838. The van der Waals surface area contributed by atoms with Crippen LogP contribution in [-0.4, -0.2) is 23.6 Å². The third kappa shape index (κ3) is 4.85. The largest absolute Gasteiger partial charge is 0.450 e. The highest BCUT2D eigenvalue weighted by atomic mass is 32.1. The van der Waals surface area contributed by atoms with E-state index in [1.165, 1.54) is 11.3 Å². The minimum Gasteiger partial charge on any atom is -0.450 e. The number of hydrogen-bond donors (Lipinski definition) is 2. The highest BCUT2D eigenvalue weighted by molar-refractivity contribution is 7.13. The number of thiazole rings is 1. The zero-order chi connectivity index (χ0) is 15.8. The average molecular weight is 319 g/mol. The number of carbonyl (C=O) groups is 2. The molecule has 0 aliphatic carbocycles. The molecular weight excluding hydrogens is 302 g/mol. The van der Waals surface area contributed by atoms with Crippen molar-refractivity contribution in [1.82, 2.24) is 10.3 Å². The normalized spacial score (nSPS) is 11.5. The van der Waals surface area contributed by atoms with Crippen LogP contribution >= 0.6 is 11.3 Å². The third-order valence-corrected chi connectivity index (χ3v) is 3.53. The number of nitrogens with zero attached hydrogens (tertiary/aromatic N) is 1. The van der Waals surface area contributed by atoms with Gasteiger partial charge in [0.1, 0.15) is 0 Å². The number of ether oxygens (including phenoxy) is 1. The van der Waals surface area contributed by atoms with E-state index in [9.17, 15) is 9.59 Å². The monoisotopic (exact) mass is 319 g/mol. The Bertz CT molecular complexity index is 602. The Kier molecular flexibility index (Phi) is 5.91. The van der Waals surface area contributed by atoms with Crippen molar-refractivity contribution in [3.63, 3.8) is 0 Å². The standard InChI is InChI=1S/C15H17N3O3S/c1-2-21-15(20)17-12(11-6-4-3-5-7-11)10-13(19)18-14-16-8-9-22-14/h3-9,12H,2,10H2,1H3,(H,17,20)(H,16,18,19)/t12-/m0/s1. The van der Waals surface area contributed by atoms with E-state index in [2.05, 4.69) is 15.6 Å². The van der Waals surface area contributed by atoms with Crippen LogP contribution in [0.5, 0.6) is 0 Å². The van der Waals surface area contributed by atoms with Crippen molar-refractivity contribution in [2.45, 2.75) is 19.4 Å². The Hall–Kier alpha value is -2.41. The maximum Gasteiger partial charge on any atom is 0.407 e. The van der Waals surface area contributed by atoms with E-state index in [0.717, 1.165) is 5.56 Å². The van der Waals surface area contributed by atoms with Gasteiger partial charge in [-0.2, -0.15) is 0 Å². The van der Waals surface area contributed by atoms with Gasteiger partial charge >= 0.3 is 6.09 Å². The van der Waals surface area contributed by atoms with Crippen LogP contribution in [0.4, 0.5) is 9.93 Å². The van der Waals surface area contributed by atoms with Crippen molar-refractivity contribution in [1.29, 1.82) is 0 Å². The first-order valence-corrected chi connectivity index (χ1v) is 7.74. The maximum absolute atomic E-state index is 12.1. The number of amides is 2. The Balaban J connectivity index is 2.03. The van der Waals surface area contributed by atoms with Crippen molar-refractivity contribution in [3.8, 4) is 0 Å². The lowest BCUT2D eigenvalue weighted by Crippen LogP contribution is -2.32. The molecule has 2 N–H and O–H groups in total. The van der Waals surface area contributed by atoms with Gasteiger partial charge in [0.2, 0.25) is 5.91 Å². The molecule has 2 aromatic rings. The van der Waals surface area contributed by atoms with E-state index in [-0.39, 0.29) is 18.9 Å². The van der Waals surface area contributed by atoms with Crippen LogP contribution in [-0.2, 0) is 9.53 Å². The Morgan fingerprint density at radius 1 is 1.32 bits per heavy atom. The molecule has 0 spiro atoms. The number of alkyl carbamates (subject to hydrolysis) is 1. The first kappa shape index (κ1) is 16.0. The van der Waals surface area contributed by atoms with E-state index < -0.39 is 12.1 Å². The number of benzene rings is 1. The van der Waals surface area contributed by atoms with Crippen molar-refractivity contribution in [2.24, 2.45) is 0 Å². The van der Waals surface area contributed by atoms with Gasteiger partial charge in [0, 0.05) is 11.6 Å². The molecule has 7 heteroatoms. The summed E-state index contributed by atoms with van der Waals surface area (Å²) in [7, 11) is 0. The van der Waals surface area contributed by atoms with E-state index in [1.807, 2.05) is 30.3 Å². The topological polar surface area (TPSA) is 80.3 Å². The highest BCUT2D eigenvalue weighted by Gasteiger charge is 2.19. The van der Waals surface area contributed by atoms with E-state index in [0.29, 0.717) is 5.13 Å². The number of aromatic nitrogens is 1. The second kappa shape index (κ2) is 8.14. The summed E-state index contributed by atoms with van der Waals surface area (Å²) in [6.07, 6.45) is 1.17. The lowest BCUT2D eigenvalue weighted by Gasteiger charge is -2.18. The van der Waals surface area contributed by atoms with Gasteiger partial charge in [0.05, 0.1) is 19.1 Å². The van der Waals surface area contributed by atoms with Gasteiger partial charge in [-0.3, -0.25) is 4.79 Å². The minimum atomic E-state index is -0.543. The minimum absolute atomic E-state index is 0.0996. The molecule has 2 rings (SSSR count). The fourth-order valence-corrected chi connectivity index (χ4v) is 2.44. The van der Waals surface area contributed by atoms with Crippen molar-refractivity contribution >= 4 is 28.5 Å². The first-order valence-electron chi connectivity index (χ1n) is 6.86. The Morgan fingerprint density at radius 2 is 2.09 bits per heavy atom. The quantitative estimate of drug-likeness (QED) is 0.858. The summed E-state index contributed by atoms with van der Waals surface area (Å²) in [5, 5.41) is 7.72. The third-order valence-electron chi connectivity index (χ3n) is 2.84. The van der Waals surface area contributed by atoms with E-state index in [1.54, 1.807) is 18.5 Å². The van der Waals surface area contributed by atoms with Crippen molar-refractivity contribution in [2.75, 3.05) is 11.9 Å². The lowest BCUT2D eigenvalue weighted by molar-refractivity contribution is -0.116. The van der Waals surface area contributed by atoms with E-state index >= 15 is 0 Å². The van der Waals surface area contributed by atoms with Crippen LogP contribution in [0.25, 0.3) is 0 Å². The summed E-state index contributed by atoms with van der Waals surface area (Å²) in [4.78, 5) is 27.7. The molecule has 0 bridgehead atoms. The average Bonchev–Trinajstić information content (AvgIpc) is 3.00. The van der Waals surface area contributed by atoms with Crippen LogP contribution < -0.4 is 10.6 Å². The molecule has 1 atom stereocenters. The van der Waals surface area contributed by atoms with Gasteiger partial charge in [-0.05, 0) is 12.5 Å². The number of rotatable bonds is 6. The molecule has 0 fully saturated rings. The maximum atomic E-state index is 12.1. The Labute approximate surface area is 132 Å². The second-order valence-electron chi connectivity index (χ2n) is 4.42. The van der Waals surface area contributed by atoms with Gasteiger partial charge in [-0.25, -0.2) is 9.78 Å². The van der Waals surface area contributed by atoms with Crippen molar-refractivity contribution < 1.29 is 14.3 Å². The zero-order valence-corrected chi connectivity index (χ0v) is 12.9. The first-order chi connectivity index (χ1) is 10.7. The molecule has 0 aliphatic rings. The Morgan fingerprint density at radius 3 is 2.73 bits per heavy atom. The fraction of sp³-hybridized carbons (Fsp3) is 0.267. The second-order valence-corrected chi connectivity index (χ2v) is 5.31. The summed E-state index contributed by atoms with van der Waals surface area (Å²) in [5.74, 6) is -0.222. The van der Waals surface area contributed by atoms with Crippen molar-refractivity contribution in [3.05, 3.63) is 47.5 Å². The highest BCUT2D eigenvalue weighted by Crippen LogP contribution is 2.18. The molecule has 116 valence electrons. The predicted octanol–water partition coefficient (Wildman–Crippen LogP) is 2.96. The molecule has 0 saturated heterocycles. The van der Waals surface area contributed by atoms with Crippen LogP contribution in [0.2, 0.25) is 0 Å². The summed E-state index contributed by atoms with van der Waals surface area (Å²) < 4.78 is 4.89. The molecule has 0 unspecified atom stereocenters. The van der Waals surface area contributed by atoms with Gasteiger partial charge in [0.15, 0.2) is 5.13 Å². The number of carbonyl (C=O) groups excluding carboxylic acids is 2. The smallest absolute Gasteiger partial charge is 0.407 e. The van der Waals surface area contributed by atoms with Gasteiger partial charge in [-0.1, -0.05) is 30.3 Å². The SMILES string of the molecule is CCOC(=O)N[C@@H](CC(=O)Nc1nccs1)c1ccccc1. The number of anilines is 1. The van der Waals surface area contributed by atoms with Crippen LogP contribution in [0.3, 0.4) is 0 Å². The molecular formula is C15H17N3O3S. The molecule has 1 aromatic heterocycles. The lowest BCUT2D eigenvalue weighted by atomic mass is 10.0. The molecule has 0 aliphatic heterocycles. The number of hydrogen-bond acceptors (Lipinski definition) is 5. The van der Waals surface area contributed by atoms with Gasteiger partial charge in [-0.15, -0.1) is 11.3 Å². The summed E-state index contributed by atoms with van der Waals surface area (Å²) in [6, 6.07) is 8.84. The summed E-state index contributed by atoms with van der Waals surface area (Å²) in [6.45, 7) is 2.00. The molecule has 1 aromatic carbocycles. The summed E-state index contributed by atoms with van der Waals surface area (Å²) >= 11 is 1.34. The molecule has 22 heavy (non-hydrogen) atoms.